The number of hydrogen-bond acceptors (Lipinski definition) is 24. The Morgan fingerprint density at radius 2 is 0.986 bits per heavy atom. The zero-order valence-corrected chi connectivity index (χ0v) is 43.4. The zero-order valence-electron chi connectivity index (χ0n) is 43.4. The average molecular weight is 1070 g/mol. The molecule has 19 atom stereocenters. The summed E-state index contributed by atoms with van der Waals surface area (Å²) in [4.78, 5) is 57.3. The van der Waals surface area contributed by atoms with Crippen molar-refractivity contribution < 1.29 is 106 Å². The van der Waals surface area contributed by atoms with Crippen molar-refractivity contribution >= 4 is 23.9 Å². The molecule has 8 unspecified atom stereocenters. The number of esters is 4. The molecule has 28 nitrogen and oxygen atoms in total. The van der Waals surface area contributed by atoms with Crippen LogP contribution in [0.25, 0.3) is 20.9 Å². The van der Waals surface area contributed by atoms with Gasteiger partial charge in [-0.25, -0.2) is 9.59 Å². The van der Waals surface area contributed by atoms with Gasteiger partial charge in [0, 0.05) is 50.1 Å². The highest BCUT2D eigenvalue weighted by Crippen LogP contribution is 2.38. The molecule has 0 saturated carbocycles. The van der Waals surface area contributed by atoms with Gasteiger partial charge in [0.2, 0.25) is 0 Å². The molecule has 4 rings (SSSR count). The molecule has 4 fully saturated rings. The third kappa shape index (κ3) is 17.2. The van der Waals surface area contributed by atoms with Gasteiger partial charge in [-0.2, -0.15) is 0 Å². The maximum Gasteiger partial charge on any atom is 0.337 e. The Kier molecular flexibility index (Phi) is 27.4. The number of carbonyl (C=O) groups excluding carboxylic acids is 4. The average Bonchev–Trinajstić information content (AvgIpc) is 3.38. The lowest BCUT2D eigenvalue weighted by molar-refractivity contribution is -0.372. The summed E-state index contributed by atoms with van der Waals surface area (Å²) in [5.74, 6) is -3.46. The molecular formula is C46H76N6O22. The van der Waals surface area contributed by atoms with E-state index >= 15 is 0 Å². The lowest BCUT2D eigenvalue weighted by Crippen LogP contribution is -2.68. The Morgan fingerprint density at radius 1 is 0.541 bits per heavy atom. The fourth-order valence-corrected chi connectivity index (χ4v) is 8.56. The largest absolute Gasteiger partial charge is 0.467 e. The molecule has 0 radical (unpaired) electrons. The zero-order chi connectivity index (χ0) is 54.3. The predicted octanol–water partition coefficient (Wildman–Crippen LogP) is 2.37. The van der Waals surface area contributed by atoms with E-state index in [2.05, 4.69) is 20.1 Å². The number of azide groups is 2. The minimum atomic E-state index is -1.83. The molecular weight excluding hydrogens is 989 g/mol. The molecule has 4 aliphatic heterocycles. The maximum absolute atomic E-state index is 14.0. The van der Waals surface area contributed by atoms with Crippen LogP contribution >= 0.6 is 0 Å². The van der Waals surface area contributed by atoms with E-state index in [9.17, 15) is 45.6 Å². The third-order valence-corrected chi connectivity index (χ3v) is 12.5. The second-order valence-electron chi connectivity index (χ2n) is 17.9. The van der Waals surface area contributed by atoms with Crippen LogP contribution in [0.2, 0.25) is 0 Å². The van der Waals surface area contributed by atoms with Gasteiger partial charge in [0.25, 0.3) is 0 Å². The summed E-state index contributed by atoms with van der Waals surface area (Å²) < 4.78 is 89.6. The van der Waals surface area contributed by atoms with E-state index in [0.29, 0.717) is 44.9 Å². The van der Waals surface area contributed by atoms with E-state index in [0.717, 1.165) is 27.6 Å². The van der Waals surface area contributed by atoms with Crippen LogP contribution in [0.1, 0.15) is 92.9 Å². The first-order valence-corrected chi connectivity index (χ1v) is 25.2. The van der Waals surface area contributed by atoms with Gasteiger partial charge in [-0.1, -0.05) is 63.6 Å². The number of aliphatic hydroxyl groups excluding tert-OH is 3. The summed E-state index contributed by atoms with van der Waals surface area (Å²) in [6, 6.07) is -2.54. The molecule has 0 bridgehead atoms. The van der Waals surface area contributed by atoms with Crippen LogP contribution in [0.15, 0.2) is 10.2 Å². The Labute approximate surface area is 429 Å². The van der Waals surface area contributed by atoms with E-state index in [4.69, 9.17) is 71.1 Å². The number of unbranched alkanes of at least 4 members (excludes halogenated alkanes) is 4. The topological polar surface area (TPSA) is 365 Å². The Bertz CT molecular complexity index is 1830. The first-order chi connectivity index (χ1) is 35.6. The van der Waals surface area contributed by atoms with Crippen molar-refractivity contribution in [3.63, 3.8) is 0 Å². The van der Waals surface area contributed by atoms with Crippen molar-refractivity contribution in [2.45, 2.75) is 209 Å². The van der Waals surface area contributed by atoms with Gasteiger partial charge >= 0.3 is 23.9 Å². The fraction of sp³-hybridized carbons (Fsp3) is 0.913. The van der Waals surface area contributed by atoms with Gasteiger partial charge < -0.3 is 86.4 Å². The Balaban J connectivity index is 1.81. The lowest BCUT2D eigenvalue weighted by atomic mass is 9.94. The highest BCUT2D eigenvalue weighted by atomic mass is 16.8. The molecule has 3 N–H and O–H groups in total. The number of rotatable bonds is 30. The molecule has 0 amide bonds. The van der Waals surface area contributed by atoms with E-state index in [-0.39, 0.29) is 39.6 Å². The van der Waals surface area contributed by atoms with Crippen molar-refractivity contribution in [1.82, 2.24) is 0 Å². The van der Waals surface area contributed by atoms with Gasteiger partial charge in [-0.05, 0) is 36.7 Å². The number of hydrogen-bond donors (Lipinski definition) is 3. The molecule has 0 aromatic heterocycles. The van der Waals surface area contributed by atoms with Crippen LogP contribution in [-0.4, -0.2) is 216 Å². The molecule has 0 spiro atoms. The monoisotopic (exact) mass is 1060 g/mol. The first kappa shape index (κ1) is 62.5. The predicted molar refractivity (Wildman–Crippen MR) is 250 cm³/mol. The normalized spacial score (nSPS) is 35.1. The number of methoxy groups -OCH3 is 2. The number of carbonyl (C=O) groups is 4. The van der Waals surface area contributed by atoms with Crippen molar-refractivity contribution in [2.75, 3.05) is 60.5 Å². The quantitative estimate of drug-likeness (QED) is 0.0232. The second-order valence-corrected chi connectivity index (χ2v) is 17.9. The third-order valence-electron chi connectivity index (χ3n) is 12.5. The van der Waals surface area contributed by atoms with Gasteiger partial charge in [0.05, 0.1) is 39.1 Å². The van der Waals surface area contributed by atoms with E-state index in [1.807, 2.05) is 27.7 Å². The molecule has 0 aromatic carbocycles. The van der Waals surface area contributed by atoms with Crippen LogP contribution in [0, 0.1) is 0 Å². The smallest absolute Gasteiger partial charge is 0.337 e. The van der Waals surface area contributed by atoms with Gasteiger partial charge in [-0.3, -0.25) is 9.59 Å². The van der Waals surface area contributed by atoms with Gasteiger partial charge in [-0.15, -0.1) is 0 Å². The molecule has 74 heavy (non-hydrogen) atoms. The molecule has 4 heterocycles. The molecule has 0 aliphatic carbocycles. The van der Waals surface area contributed by atoms with Crippen LogP contribution < -0.4 is 0 Å². The fourth-order valence-electron chi connectivity index (χ4n) is 8.56. The van der Waals surface area contributed by atoms with E-state index in [1.54, 1.807) is 0 Å². The van der Waals surface area contributed by atoms with E-state index in [1.165, 1.54) is 6.92 Å². The summed E-state index contributed by atoms with van der Waals surface area (Å²) in [5, 5.41) is 43.0. The number of aliphatic hydroxyl groups is 3. The van der Waals surface area contributed by atoms with Crippen LogP contribution in [-0.2, 0) is 90.2 Å². The summed E-state index contributed by atoms with van der Waals surface area (Å²) in [7, 11) is 2.14. The highest BCUT2D eigenvalue weighted by molar-refractivity contribution is 5.76. The van der Waals surface area contributed by atoms with Gasteiger partial charge in [0.1, 0.15) is 80.3 Å². The van der Waals surface area contributed by atoms with Crippen LogP contribution in [0.5, 0.6) is 0 Å². The Morgan fingerprint density at radius 3 is 1.50 bits per heavy atom. The van der Waals surface area contributed by atoms with Crippen molar-refractivity contribution in [3.05, 3.63) is 20.9 Å². The number of nitrogens with zero attached hydrogens (tertiary/aromatic N) is 6. The first-order valence-electron chi connectivity index (χ1n) is 25.2. The second kappa shape index (κ2) is 32.5. The minimum absolute atomic E-state index is 0.00476. The summed E-state index contributed by atoms with van der Waals surface area (Å²) in [5.41, 5.74) is 19.6. The lowest BCUT2D eigenvalue weighted by Gasteiger charge is -2.50. The van der Waals surface area contributed by atoms with Crippen molar-refractivity contribution in [1.29, 1.82) is 0 Å². The maximum atomic E-state index is 14.0. The molecule has 0 aromatic rings. The summed E-state index contributed by atoms with van der Waals surface area (Å²) in [6.45, 7) is 9.14. The SMILES string of the molecule is CCCCOC1[C@@H](O[C@@H]2OC(C(=O)OC)[C@@H](O[C@@H]3OC(COC(C)=O)[C@H](O[C@@H]4OC(C(=O)OC)[C@@H](O)C(OCCCC)[C@@H]4O)C(OCCCC)[C@@H]3N=[N+]=[N-])C(OCCCC)[C@@H]2O)C(COC(C)=O)OC[C@H]1N=[N+]=[N-]. The molecule has 4 aliphatic rings. The minimum Gasteiger partial charge on any atom is -0.467 e. The highest BCUT2D eigenvalue weighted by Gasteiger charge is 2.58. The van der Waals surface area contributed by atoms with E-state index < -0.39 is 147 Å². The van der Waals surface area contributed by atoms with Crippen LogP contribution in [0.3, 0.4) is 0 Å². The summed E-state index contributed by atoms with van der Waals surface area (Å²) in [6.07, 6.45) is -21.8. The standard InChI is InChI=1S/C46H76N6O22/c1-9-13-17-62-33-26(49-51-47)21-68-27(22-66-24(5)53)34(33)70-46-32(57)38(65-20-16-12-4)40(41(74-46)43(59)61-8)73-44-29(50-52-48)36(63-18-14-10-2)35(28(69-44)23-67-25(6)54)71-45-31(56)37(64-19-15-11-3)30(55)39(72-45)42(58)60-7/h26-41,44-46,55-57H,9-23H2,1-8H3/t26-,27?,28?,29+,30+,31+,32+,33?,34+,35+,36?,37?,38?,39?,40+,41?,44+,45-,46-/m1/s1. The molecule has 28 heteroatoms. The number of ether oxygens (including phenoxy) is 15. The van der Waals surface area contributed by atoms with Crippen LogP contribution in [0.4, 0.5) is 0 Å². The Hall–Kier alpha value is -4.06. The van der Waals surface area contributed by atoms with Gasteiger partial charge in [0.15, 0.2) is 31.1 Å². The molecule has 4 saturated heterocycles. The van der Waals surface area contributed by atoms with Crippen molar-refractivity contribution in [3.8, 4) is 0 Å². The summed E-state index contributed by atoms with van der Waals surface area (Å²) >= 11 is 0. The molecule has 422 valence electrons. The van der Waals surface area contributed by atoms with Crippen molar-refractivity contribution in [2.24, 2.45) is 10.2 Å².